The van der Waals surface area contributed by atoms with E-state index < -0.39 is 8.07 Å². The molecule has 0 radical (unpaired) electrons. The number of unbranched alkanes of at least 4 members (excludes halogenated alkanes) is 1. The molecule has 0 aromatic carbocycles. The molecule has 0 rings (SSSR count). The Hall–Kier alpha value is -0.833. The third-order valence-electron chi connectivity index (χ3n) is 4.02. The predicted octanol–water partition coefficient (Wildman–Crippen LogP) is 5.27. The molecule has 0 atom stereocenters. The number of ether oxygens (including phenoxy) is 1. The van der Waals surface area contributed by atoms with Crippen molar-refractivity contribution in [2.75, 3.05) is 6.61 Å². The second-order valence-corrected chi connectivity index (χ2v) is 12.1. The van der Waals surface area contributed by atoms with Gasteiger partial charge in [0.2, 0.25) is 0 Å². The standard InChI is InChI=1S/C17H32O2Si/c1-8-10-11-15(12-13-16(18)19-9-2)14-20(6,7)17(3,4)5/h12-14H,8-11H2,1-7H3/b13-12+,15-14-. The lowest BCUT2D eigenvalue weighted by atomic mass is 10.1. The Labute approximate surface area is 126 Å². The molecule has 0 amide bonds. The largest absolute Gasteiger partial charge is 0.463 e. The van der Waals surface area contributed by atoms with Gasteiger partial charge in [-0.3, -0.25) is 0 Å². The van der Waals surface area contributed by atoms with E-state index in [9.17, 15) is 4.79 Å². The summed E-state index contributed by atoms with van der Waals surface area (Å²) in [7, 11) is -1.47. The maximum Gasteiger partial charge on any atom is 0.330 e. The van der Waals surface area contributed by atoms with Gasteiger partial charge in [0.1, 0.15) is 0 Å². The highest BCUT2D eigenvalue weighted by atomic mass is 28.3. The maximum absolute atomic E-state index is 11.5. The molecule has 2 nitrogen and oxygen atoms in total. The number of carbonyl (C=O) groups is 1. The van der Waals surface area contributed by atoms with E-state index in [1.165, 1.54) is 12.0 Å². The molecule has 0 saturated carbocycles. The van der Waals surface area contributed by atoms with E-state index in [0.29, 0.717) is 11.6 Å². The van der Waals surface area contributed by atoms with E-state index in [-0.39, 0.29) is 5.97 Å². The highest BCUT2D eigenvalue weighted by molar-refractivity contribution is 6.84. The van der Waals surface area contributed by atoms with E-state index >= 15 is 0 Å². The lowest BCUT2D eigenvalue weighted by Gasteiger charge is -2.35. The minimum Gasteiger partial charge on any atom is -0.463 e. The Morgan fingerprint density at radius 1 is 1.15 bits per heavy atom. The monoisotopic (exact) mass is 296 g/mol. The topological polar surface area (TPSA) is 26.3 Å². The van der Waals surface area contributed by atoms with Crippen LogP contribution in [0.2, 0.25) is 18.1 Å². The molecule has 3 heteroatoms. The van der Waals surface area contributed by atoms with Gasteiger partial charge in [0.05, 0.1) is 14.7 Å². The maximum atomic E-state index is 11.5. The molecule has 0 heterocycles. The second-order valence-electron chi connectivity index (χ2n) is 6.88. The average molecular weight is 297 g/mol. The van der Waals surface area contributed by atoms with Gasteiger partial charge in [-0.1, -0.05) is 64.6 Å². The first-order chi connectivity index (χ1) is 9.14. The first-order valence-corrected chi connectivity index (χ1v) is 10.8. The summed E-state index contributed by atoms with van der Waals surface area (Å²) in [6.45, 7) is 16.1. The van der Waals surface area contributed by atoms with E-state index in [0.717, 1.165) is 12.8 Å². The molecule has 0 saturated heterocycles. The summed E-state index contributed by atoms with van der Waals surface area (Å²) < 4.78 is 4.95. The van der Waals surface area contributed by atoms with Crippen LogP contribution in [0, 0.1) is 0 Å². The quantitative estimate of drug-likeness (QED) is 0.277. The van der Waals surface area contributed by atoms with E-state index in [1.54, 1.807) is 6.08 Å². The van der Waals surface area contributed by atoms with Gasteiger partial charge in [0.15, 0.2) is 0 Å². The van der Waals surface area contributed by atoms with Crippen molar-refractivity contribution < 1.29 is 9.53 Å². The van der Waals surface area contributed by atoms with Crippen LogP contribution in [0.4, 0.5) is 0 Å². The van der Waals surface area contributed by atoms with Crippen LogP contribution in [0.1, 0.15) is 53.9 Å². The van der Waals surface area contributed by atoms with Crippen molar-refractivity contribution in [2.45, 2.75) is 72.0 Å². The summed E-state index contributed by atoms with van der Waals surface area (Å²) in [5.41, 5.74) is 3.73. The zero-order valence-electron chi connectivity index (χ0n) is 14.4. The van der Waals surface area contributed by atoms with Crippen LogP contribution in [-0.2, 0) is 9.53 Å². The first kappa shape index (κ1) is 19.2. The fourth-order valence-electron chi connectivity index (χ4n) is 1.63. The van der Waals surface area contributed by atoms with Crippen LogP contribution in [-0.4, -0.2) is 20.7 Å². The Morgan fingerprint density at radius 3 is 2.20 bits per heavy atom. The molecule has 0 N–H and O–H groups in total. The molecule has 0 aliphatic rings. The Bertz CT molecular complexity index is 360. The summed E-state index contributed by atoms with van der Waals surface area (Å²) in [6.07, 6.45) is 6.89. The van der Waals surface area contributed by atoms with Gasteiger partial charge in [-0.2, -0.15) is 0 Å². The fourth-order valence-corrected chi connectivity index (χ4v) is 3.23. The fraction of sp³-hybridized carbons (Fsp3) is 0.706. The molecule has 0 unspecified atom stereocenters. The highest BCUT2D eigenvalue weighted by Crippen LogP contribution is 2.37. The zero-order valence-corrected chi connectivity index (χ0v) is 15.4. The van der Waals surface area contributed by atoms with Crippen molar-refractivity contribution in [3.63, 3.8) is 0 Å². The normalized spacial score (nSPS) is 13.8. The summed E-state index contributed by atoms with van der Waals surface area (Å²) in [5, 5.41) is 0.322. The molecule has 0 bridgehead atoms. The number of hydrogen-bond donors (Lipinski definition) is 0. The molecule has 0 aliphatic carbocycles. The van der Waals surface area contributed by atoms with Gasteiger partial charge < -0.3 is 4.74 Å². The average Bonchev–Trinajstić information content (AvgIpc) is 2.31. The van der Waals surface area contributed by atoms with Crippen LogP contribution in [0.3, 0.4) is 0 Å². The van der Waals surface area contributed by atoms with Crippen molar-refractivity contribution in [2.24, 2.45) is 0 Å². The SMILES string of the molecule is CCCCC(=C/[Si](C)(C)C(C)(C)C)/C=C/C(=O)OCC. The smallest absolute Gasteiger partial charge is 0.330 e. The molecule has 0 aromatic rings. The van der Waals surface area contributed by atoms with Crippen molar-refractivity contribution in [3.8, 4) is 0 Å². The Morgan fingerprint density at radius 2 is 1.75 bits per heavy atom. The molecule has 0 spiro atoms. The van der Waals surface area contributed by atoms with Gasteiger partial charge in [0, 0.05) is 6.08 Å². The van der Waals surface area contributed by atoms with Gasteiger partial charge in [0.25, 0.3) is 0 Å². The summed E-state index contributed by atoms with van der Waals surface area (Å²) in [6, 6.07) is 0. The van der Waals surface area contributed by atoms with Crippen molar-refractivity contribution in [1.29, 1.82) is 0 Å². The third-order valence-corrected chi connectivity index (χ3v) is 8.98. The van der Waals surface area contributed by atoms with Crippen molar-refractivity contribution in [3.05, 3.63) is 23.4 Å². The van der Waals surface area contributed by atoms with Gasteiger partial charge in [-0.05, 0) is 24.8 Å². The zero-order chi connectivity index (χ0) is 15.8. The van der Waals surface area contributed by atoms with E-state index in [1.807, 2.05) is 13.0 Å². The molecule has 20 heavy (non-hydrogen) atoms. The van der Waals surface area contributed by atoms with Crippen LogP contribution in [0.15, 0.2) is 23.4 Å². The minimum absolute atomic E-state index is 0.245. The van der Waals surface area contributed by atoms with E-state index in [4.69, 9.17) is 4.74 Å². The number of hydrogen-bond acceptors (Lipinski definition) is 2. The number of allylic oxidation sites excluding steroid dienone is 2. The molecule has 0 fully saturated rings. The number of carbonyl (C=O) groups excluding carboxylic acids is 1. The van der Waals surface area contributed by atoms with Gasteiger partial charge in [-0.15, -0.1) is 0 Å². The molecule has 0 aromatic heterocycles. The van der Waals surface area contributed by atoms with Crippen LogP contribution in [0.25, 0.3) is 0 Å². The number of esters is 1. The van der Waals surface area contributed by atoms with Gasteiger partial charge >= 0.3 is 5.97 Å². The lowest BCUT2D eigenvalue weighted by molar-refractivity contribution is -0.137. The highest BCUT2D eigenvalue weighted by Gasteiger charge is 2.32. The van der Waals surface area contributed by atoms with Crippen molar-refractivity contribution in [1.82, 2.24) is 0 Å². The molecular formula is C17H32O2Si. The minimum atomic E-state index is -1.47. The first-order valence-electron chi connectivity index (χ1n) is 7.70. The lowest BCUT2D eigenvalue weighted by Crippen LogP contribution is -2.35. The van der Waals surface area contributed by atoms with Crippen LogP contribution >= 0.6 is 0 Å². The van der Waals surface area contributed by atoms with Gasteiger partial charge in [-0.25, -0.2) is 4.79 Å². The van der Waals surface area contributed by atoms with Crippen LogP contribution < -0.4 is 0 Å². The van der Waals surface area contributed by atoms with Crippen molar-refractivity contribution >= 4 is 14.0 Å². The van der Waals surface area contributed by atoms with Crippen LogP contribution in [0.5, 0.6) is 0 Å². The summed E-state index contributed by atoms with van der Waals surface area (Å²) in [4.78, 5) is 11.5. The summed E-state index contributed by atoms with van der Waals surface area (Å²) >= 11 is 0. The van der Waals surface area contributed by atoms with E-state index in [2.05, 4.69) is 46.5 Å². The Kier molecular flexibility index (Phi) is 8.10. The summed E-state index contributed by atoms with van der Waals surface area (Å²) in [5.74, 6) is -0.245. The molecule has 0 aliphatic heterocycles. The second kappa shape index (κ2) is 8.45. The predicted molar refractivity (Wildman–Crippen MR) is 90.6 cm³/mol. The molecular weight excluding hydrogens is 264 g/mol. The molecule has 116 valence electrons. The Balaban J connectivity index is 5.10. The number of rotatable bonds is 7. The third kappa shape index (κ3) is 7.08.